The molecular formula is C27H24O9. The molecule has 1 heterocycles. The summed E-state index contributed by atoms with van der Waals surface area (Å²) in [5, 5.41) is 21.6. The molecule has 0 aliphatic carbocycles. The molecule has 0 radical (unpaired) electrons. The Hall–Kier alpha value is -4.05. The molecule has 9 nitrogen and oxygen atoms in total. The highest BCUT2D eigenvalue weighted by atomic mass is 16.7. The molecule has 2 N–H and O–H groups in total. The maximum absolute atomic E-state index is 12.7. The lowest BCUT2D eigenvalue weighted by molar-refractivity contribution is -0.284. The fourth-order valence-electron chi connectivity index (χ4n) is 3.65. The number of ether oxygens (including phenoxy) is 4. The van der Waals surface area contributed by atoms with Gasteiger partial charge in [0.05, 0.1) is 16.7 Å². The summed E-state index contributed by atoms with van der Waals surface area (Å²) in [4.78, 5) is 37.7. The van der Waals surface area contributed by atoms with E-state index < -0.39 is 55.2 Å². The summed E-state index contributed by atoms with van der Waals surface area (Å²) in [5.41, 5.74) is 0.655. The Labute approximate surface area is 206 Å². The monoisotopic (exact) mass is 492 g/mol. The van der Waals surface area contributed by atoms with Crippen molar-refractivity contribution >= 4 is 17.9 Å². The molecule has 0 spiro atoms. The van der Waals surface area contributed by atoms with Crippen LogP contribution < -0.4 is 0 Å². The second-order valence-electron chi connectivity index (χ2n) is 7.99. The van der Waals surface area contributed by atoms with Crippen LogP contribution in [-0.4, -0.2) is 65.4 Å². The molecule has 2 unspecified atom stereocenters. The quantitative estimate of drug-likeness (QED) is 0.377. The van der Waals surface area contributed by atoms with Crippen molar-refractivity contribution in [2.45, 2.75) is 30.7 Å². The van der Waals surface area contributed by atoms with Gasteiger partial charge in [-0.25, -0.2) is 14.4 Å². The third-order valence-corrected chi connectivity index (χ3v) is 5.53. The van der Waals surface area contributed by atoms with Crippen LogP contribution in [0.4, 0.5) is 0 Å². The average molecular weight is 492 g/mol. The Morgan fingerprint density at radius 1 is 0.639 bits per heavy atom. The second kappa shape index (κ2) is 11.6. The van der Waals surface area contributed by atoms with Crippen molar-refractivity contribution in [2.24, 2.45) is 0 Å². The first kappa shape index (κ1) is 25.1. The van der Waals surface area contributed by atoms with Crippen molar-refractivity contribution in [1.82, 2.24) is 0 Å². The summed E-state index contributed by atoms with van der Waals surface area (Å²) in [6, 6.07) is 24.1. The minimum atomic E-state index is -1.78. The number of hydrogen-bond donors (Lipinski definition) is 2. The van der Waals surface area contributed by atoms with E-state index in [4.69, 9.17) is 18.9 Å². The van der Waals surface area contributed by atoms with Crippen molar-refractivity contribution in [1.29, 1.82) is 0 Å². The summed E-state index contributed by atoms with van der Waals surface area (Å²) in [5.74, 6) is -2.30. The molecule has 1 saturated heterocycles. The molecule has 1 aliphatic rings. The zero-order chi connectivity index (χ0) is 25.5. The van der Waals surface area contributed by atoms with Crippen molar-refractivity contribution in [2.75, 3.05) is 6.61 Å². The highest BCUT2D eigenvalue weighted by molar-refractivity contribution is 5.90. The van der Waals surface area contributed by atoms with Crippen LogP contribution in [0.2, 0.25) is 0 Å². The van der Waals surface area contributed by atoms with Crippen LogP contribution in [0.3, 0.4) is 0 Å². The number of benzene rings is 3. The number of carbonyl (C=O) groups excluding carboxylic acids is 3. The van der Waals surface area contributed by atoms with Gasteiger partial charge in [-0.2, -0.15) is 0 Å². The van der Waals surface area contributed by atoms with Crippen LogP contribution in [0.15, 0.2) is 91.0 Å². The second-order valence-corrected chi connectivity index (χ2v) is 7.99. The largest absolute Gasteiger partial charge is 0.459 e. The number of carbonyl (C=O) groups is 3. The van der Waals surface area contributed by atoms with Crippen LogP contribution in [0.5, 0.6) is 0 Å². The molecule has 5 atom stereocenters. The molecule has 1 aliphatic heterocycles. The molecule has 0 saturated carbocycles. The number of rotatable bonds is 7. The highest BCUT2D eigenvalue weighted by Gasteiger charge is 2.50. The zero-order valence-corrected chi connectivity index (χ0v) is 19.0. The topological polar surface area (TPSA) is 129 Å². The Bertz CT molecular complexity index is 1170. The Balaban J connectivity index is 1.52. The van der Waals surface area contributed by atoms with Crippen LogP contribution >= 0.6 is 0 Å². The standard InChI is InChI=1S/C27H24O9/c28-21-20(16-33-24(29)17-10-4-1-5-11-17)34-27(32)23(36-26(31)19-14-8-3-9-15-19)22(21)35-25(30)18-12-6-2-7-13-18/h1-15,20-23,27-28,32H,16H2/t20?,21-,22?,23-,27+/m0/s1. The molecule has 4 rings (SSSR count). The van der Waals surface area contributed by atoms with Crippen LogP contribution in [0.1, 0.15) is 31.1 Å². The fraction of sp³-hybridized carbons (Fsp3) is 0.222. The van der Waals surface area contributed by atoms with Gasteiger partial charge in [-0.3, -0.25) is 0 Å². The lowest BCUT2D eigenvalue weighted by Gasteiger charge is -2.41. The van der Waals surface area contributed by atoms with E-state index in [-0.39, 0.29) is 16.7 Å². The van der Waals surface area contributed by atoms with E-state index in [0.29, 0.717) is 0 Å². The molecule has 0 bridgehead atoms. The third kappa shape index (κ3) is 5.95. The van der Waals surface area contributed by atoms with Crippen molar-refractivity contribution in [3.05, 3.63) is 108 Å². The maximum atomic E-state index is 12.7. The van der Waals surface area contributed by atoms with Crippen molar-refractivity contribution in [3.63, 3.8) is 0 Å². The van der Waals surface area contributed by atoms with Crippen molar-refractivity contribution < 1.29 is 43.5 Å². The normalized spacial score (nSPS) is 23.3. The van der Waals surface area contributed by atoms with Gasteiger partial charge < -0.3 is 29.2 Å². The summed E-state index contributed by atoms with van der Waals surface area (Å²) in [6.07, 6.45) is -7.72. The van der Waals surface area contributed by atoms with Gasteiger partial charge in [0.2, 0.25) is 0 Å². The molecular weight excluding hydrogens is 468 g/mol. The van der Waals surface area contributed by atoms with Gasteiger partial charge in [0.25, 0.3) is 0 Å². The van der Waals surface area contributed by atoms with Crippen molar-refractivity contribution in [3.8, 4) is 0 Å². The molecule has 1 fully saturated rings. The lowest BCUT2D eigenvalue weighted by atomic mass is 9.98. The van der Waals surface area contributed by atoms with E-state index >= 15 is 0 Å². The first-order chi connectivity index (χ1) is 17.4. The summed E-state index contributed by atoms with van der Waals surface area (Å²) in [6.45, 7) is -0.454. The number of aliphatic hydroxyl groups is 2. The predicted molar refractivity (Wildman–Crippen MR) is 125 cm³/mol. The Kier molecular flexibility index (Phi) is 8.06. The molecule has 9 heteroatoms. The van der Waals surface area contributed by atoms with Crippen LogP contribution in [0.25, 0.3) is 0 Å². The van der Waals surface area contributed by atoms with E-state index in [2.05, 4.69) is 0 Å². The van der Waals surface area contributed by atoms with Gasteiger partial charge >= 0.3 is 17.9 Å². The Morgan fingerprint density at radius 3 is 1.53 bits per heavy atom. The summed E-state index contributed by atoms with van der Waals surface area (Å²) >= 11 is 0. The first-order valence-electron chi connectivity index (χ1n) is 11.2. The predicted octanol–water partition coefficient (Wildman–Crippen LogP) is 2.37. The molecule has 36 heavy (non-hydrogen) atoms. The summed E-state index contributed by atoms with van der Waals surface area (Å²) in [7, 11) is 0. The number of aliphatic hydroxyl groups excluding tert-OH is 2. The third-order valence-electron chi connectivity index (χ3n) is 5.53. The SMILES string of the molecule is O=C(OCC1O[C@@H](O)[C@@H](OC(=O)c2ccccc2)C(OC(=O)c2ccccc2)[C@H]1O)c1ccccc1. The maximum Gasteiger partial charge on any atom is 0.338 e. The highest BCUT2D eigenvalue weighted by Crippen LogP contribution is 2.27. The van der Waals surface area contributed by atoms with Gasteiger partial charge in [0.1, 0.15) is 18.8 Å². The lowest BCUT2D eigenvalue weighted by Crippen LogP contribution is -2.61. The smallest absolute Gasteiger partial charge is 0.338 e. The minimum Gasteiger partial charge on any atom is -0.459 e. The van der Waals surface area contributed by atoms with E-state index in [1.54, 1.807) is 66.7 Å². The van der Waals surface area contributed by atoms with E-state index in [0.717, 1.165) is 0 Å². The number of esters is 3. The van der Waals surface area contributed by atoms with Gasteiger partial charge in [-0.15, -0.1) is 0 Å². The van der Waals surface area contributed by atoms with Gasteiger partial charge in [0.15, 0.2) is 18.5 Å². The van der Waals surface area contributed by atoms with Crippen LogP contribution in [0, 0.1) is 0 Å². The van der Waals surface area contributed by atoms with Gasteiger partial charge in [-0.1, -0.05) is 54.6 Å². The molecule has 3 aromatic carbocycles. The molecule has 3 aromatic rings. The summed E-state index contributed by atoms with van der Waals surface area (Å²) < 4.78 is 21.5. The van der Waals surface area contributed by atoms with Gasteiger partial charge in [0, 0.05) is 0 Å². The number of hydrogen-bond acceptors (Lipinski definition) is 9. The zero-order valence-electron chi connectivity index (χ0n) is 19.0. The van der Waals surface area contributed by atoms with Crippen LogP contribution in [-0.2, 0) is 18.9 Å². The van der Waals surface area contributed by atoms with E-state index in [1.807, 2.05) is 0 Å². The molecule has 186 valence electrons. The fourth-order valence-corrected chi connectivity index (χ4v) is 3.65. The first-order valence-corrected chi connectivity index (χ1v) is 11.2. The average Bonchev–Trinajstić information content (AvgIpc) is 2.92. The Morgan fingerprint density at radius 2 is 1.06 bits per heavy atom. The van der Waals surface area contributed by atoms with E-state index in [1.165, 1.54) is 24.3 Å². The van der Waals surface area contributed by atoms with E-state index in [9.17, 15) is 24.6 Å². The van der Waals surface area contributed by atoms with Gasteiger partial charge in [-0.05, 0) is 36.4 Å². The molecule has 0 amide bonds. The minimum absolute atomic E-state index is 0.186. The molecule has 0 aromatic heterocycles.